The molecule has 30 heavy (non-hydrogen) atoms. The predicted octanol–water partition coefficient (Wildman–Crippen LogP) is 2.56. The van der Waals surface area contributed by atoms with Gasteiger partial charge in [0.05, 0.1) is 18.4 Å². The van der Waals surface area contributed by atoms with E-state index in [1.807, 2.05) is 48.5 Å². The molecular formula is C23H25N5O2. The number of aromatic nitrogens is 3. The lowest BCUT2D eigenvalue weighted by atomic mass is 9.85. The van der Waals surface area contributed by atoms with Gasteiger partial charge in [-0.05, 0) is 37.0 Å². The molecule has 0 unspecified atom stereocenters. The lowest BCUT2D eigenvalue weighted by Crippen LogP contribution is -2.44. The first kappa shape index (κ1) is 19.8. The van der Waals surface area contributed by atoms with Crippen LogP contribution in [-0.4, -0.2) is 32.3 Å². The van der Waals surface area contributed by atoms with Gasteiger partial charge in [0.2, 0.25) is 11.8 Å². The summed E-state index contributed by atoms with van der Waals surface area (Å²) in [4.78, 5) is 25.9. The molecule has 2 amide bonds. The monoisotopic (exact) mass is 403 g/mol. The third-order valence-electron chi connectivity index (χ3n) is 5.44. The summed E-state index contributed by atoms with van der Waals surface area (Å²) in [7, 11) is 0. The van der Waals surface area contributed by atoms with Gasteiger partial charge in [0.15, 0.2) is 0 Å². The number of amides is 2. The molecule has 1 aromatic heterocycles. The quantitative estimate of drug-likeness (QED) is 0.605. The molecule has 7 nitrogen and oxygen atoms in total. The van der Waals surface area contributed by atoms with Crippen LogP contribution in [-0.2, 0) is 22.6 Å². The summed E-state index contributed by atoms with van der Waals surface area (Å²) in [5.41, 5.74) is 2.37. The van der Waals surface area contributed by atoms with Crippen molar-refractivity contribution in [2.75, 3.05) is 0 Å². The van der Waals surface area contributed by atoms with Gasteiger partial charge in [0, 0.05) is 18.4 Å². The molecule has 0 spiro atoms. The van der Waals surface area contributed by atoms with Crippen molar-refractivity contribution < 1.29 is 9.59 Å². The van der Waals surface area contributed by atoms with Crippen molar-refractivity contribution in [2.45, 2.75) is 44.2 Å². The smallest absolute Gasteiger partial charge is 0.220 e. The van der Waals surface area contributed by atoms with Gasteiger partial charge < -0.3 is 10.6 Å². The van der Waals surface area contributed by atoms with Gasteiger partial charge in [-0.15, -0.1) is 0 Å². The van der Waals surface area contributed by atoms with E-state index in [0.29, 0.717) is 31.5 Å². The number of carbonyl (C=O) groups is 2. The molecule has 0 bridgehead atoms. The second kappa shape index (κ2) is 8.90. The molecule has 2 aromatic carbocycles. The van der Waals surface area contributed by atoms with Crippen molar-refractivity contribution in [2.24, 2.45) is 0 Å². The summed E-state index contributed by atoms with van der Waals surface area (Å²) < 4.78 is 0. The van der Waals surface area contributed by atoms with E-state index < -0.39 is 0 Å². The fourth-order valence-corrected chi connectivity index (χ4v) is 3.86. The van der Waals surface area contributed by atoms with Crippen molar-refractivity contribution >= 4 is 11.8 Å². The average Bonchev–Trinajstić information content (AvgIpc) is 3.39. The Morgan fingerprint density at radius 2 is 1.83 bits per heavy atom. The number of hydrogen-bond acceptors (Lipinski definition) is 4. The highest BCUT2D eigenvalue weighted by Gasteiger charge is 2.37. The van der Waals surface area contributed by atoms with E-state index in [1.54, 1.807) is 11.0 Å². The Hall–Kier alpha value is -3.48. The van der Waals surface area contributed by atoms with Crippen LogP contribution in [0.25, 0.3) is 5.69 Å². The van der Waals surface area contributed by atoms with Crippen LogP contribution in [0, 0.1) is 0 Å². The Bertz CT molecular complexity index is 1000. The van der Waals surface area contributed by atoms with E-state index in [2.05, 4.69) is 33.0 Å². The van der Waals surface area contributed by atoms with Crippen molar-refractivity contribution in [1.82, 2.24) is 25.6 Å². The van der Waals surface area contributed by atoms with Gasteiger partial charge in [-0.2, -0.15) is 15.0 Å². The van der Waals surface area contributed by atoms with E-state index in [-0.39, 0.29) is 17.4 Å². The van der Waals surface area contributed by atoms with Crippen LogP contribution in [0.5, 0.6) is 0 Å². The summed E-state index contributed by atoms with van der Waals surface area (Å²) >= 11 is 0. The summed E-state index contributed by atoms with van der Waals surface area (Å²) in [5, 5.41) is 14.7. The van der Waals surface area contributed by atoms with Crippen LogP contribution in [0.1, 0.15) is 36.9 Å². The van der Waals surface area contributed by atoms with E-state index in [1.165, 1.54) is 0 Å². The highest BCUT2D eigenvalue weighted by molar-refractivity contribution is 5.80. The fraction of sp³-hybridized carbons (Fsp3) is 0.304. The topological polar surface area (TPSA) is 88.9 Å². The molecule has 0 saturated carbocycles. The lowest BCUT2D eigenvalue weighted by molar-refractivity contribution is -0.122. The minimum atomic E-state index is -0.355. The molecule has 0 aliphatic carbocycles. The van der Waals surface area contributed by atoms with Crippen LogP contribution in [0.15, 0.2) is 66.9 Å². The number of hydrogen-bond donors (Lipinski definition) is 2. The molecule has 154 valence electrons. The molecule has 1 aliphatic heterocycles. The number of nitrogens with one attached hydrogen (secondary N) is 2. The highest BCUT2D eigenvalue weighted by atomic mass is 16.2. The second-order valence-corrected chi connectivity index (χ2v) is 7.73. The fourth-order valence-electron chi connectivity index (χ4n) is 3.86. The minimum absolute atomic E-state index is 0.0575. The third-order valence-corrected chi connectivity index (χ3v) is 5.44. The largest absolute Gasteiger partial charge is 0.350 e. The molecule has 4 rings (SSSR count). The maximum Gasteiger partial charge on any atom is 0.220 e. The zero-order chi connectivity index (χ0) is 20.8. The SMILES string of the molecule is O=C(CC[C@]1(Cc2ccccc2)CCC(=O)N1)NCc1cnn(-c2ccccc2)n1. The van der Waals surface area contributed by atoms with E-state index >= 15 is 0 Å². The lowest BCUT2D eigenvalue weighted by Gasteiger charge is -2.29. The zero-order valence-electron chi connectivity index (χ0n) is 16.8. The average molecular weight is 403 g/mol. The molecule has 1 fully saturated rings. The van der Waals surface area contributed by atoms with E-state index in [4.69, 9.17) is 0 Å². The summed E-state index contributed by atoms with van der Waals surface area (Å²) in [6.07, 6.45) is 4.60. The van der Waals surface area contributed by atoms with Gasteiger partial charge in [0.25, 0.3) is 0 Å². The van der Waals surface area contributed by atoms with Crippen molar-refractivity contribution in [1.29, 1.82) is 0 Å². The zero-order valence-corrected chi connectivity index (χ0v) is 16.8. The second-order valence-electron chi connectivity index (χ2n) is 7.73. The van der Waals surface area contributed by atoms with Gasteiger partial charge in [-0.25, -0.2) is 0 Å². The van der Waals surface area contributed by atoms with Crippen LogP contribution >= 0.6 is 0 Å². The molecule has 1 aliphatic rings. The van der Waals surface area contributed by atoms with Crippen LogP contribution < -0.4 is 10.6 Å². The molecule has 2 N–H and O–H groups in total. The Balaban J connectivity index is 1.31. The molecule has 0 radical (unpaired) electrons. The number of rotatable bonds is 8. The van der Waals surface area contributed by atoms with Gasteiger partial charge >= 0.3 is 0 Å². The minimum Gasteiger partial charge on any atom is -0.350 e. The summed E-state index contributed by atoms with van der Waals surface area (Å²) in [6, 6.07) is 19.7. The van der Waals surface area contributed by atoms with Crippen molar-refractivity contribution in [3.63, 3.8) is 0 Å². The maximum atomic E-state index is 12.4. The third kappa shape index (κ3) is 4.92. The Morgan fingerprint density at radius 3 is 2.53 bits per heavy atom. The van der Waals surface area contributed by atoms with Crippen molar-refractivity contribution in [3.05, 3.63) is 78.1 Å². The molecular weight excluding hydrogens is 378 g/mol. The van der Waals surface area contributed by atoms with Gasteiger partial charge in [-0.3, -0.25) is 9.59 Å². The Kier molecular flexibility index (Phi) is 5.88. The normalized spacial score (nSPS) is 18.2. The van der Waals surface area contributed by atoms with Gasteiger partial charge in [-0.1, -0.05) is 48.5 Å². The van der Waals surface area contributed by atoms with Crippen LogP contribution in [0.3, 0.4) is 0 Å². The molecule has 3 aromatic rings. The Labute approximate surface area is 175 Å². The van der Waals surface area contributed by atoms with Gasteiger partial charge in [0.1, 0.15) is 5.69 Å². The van der Waals surface area contributed by atoms with Crippen LogP contribution in [0.4, 0.5) is 0 Å². The number of benzene rings is 2. The summed E-state index contributed by atoms with van der Waals surface area (Å²) in [5.74, 6) is 0.00159. The number of nitrogens with zero attached hydrogens (tertiary/aromatic N) is 3. The number of carbonyl (C=O) groups excluding carboxylic acids is 2. The highest BCUT2D eigenvalue weighted by Crippen LogP contribution is 2.29. The predicted molar refractivity (Wildman–Crippen MR) is 113 cm³/mol. The molecule has 7 heteroatoms. The standard InChI is InChI=1S/C23H25N5O2/c29-21(24-16-19-17-25-28(27-19)20-9-5-2-6-10-20)11-13-23(14-12-22(30)26-23)15-18-7-3-1-4-8-18/h1-10,17H,11-16H2,(H,24,29)(H,26,30)/t23-/m1/s1. The Morgan fingerprint density at radius 1 is 1.10 bits per heavy atom. The first-order valence-electron chi connectivity index (χ1n) is 10.2. The van der Waals surface area contributed by atoms with E-state index in [9.17, 15) is 9.59 Å². The van der Waals surface area contributed by atoms with E-state index in [0.717, 1.165) is 24.1 Å². The first-order valence-corrected chi connectivity index (χ1v) is 10.2. The molecule has 2 heterocycles. The molecule has 1 saturated heterocycles. The van der Waals surface area contributed by atoms with Crippen LogP contribution in [0.2, 0.25) is 0 Å². The first-order chi connectivity index (χ1) is 14.6. The number of para-hydroxylation sites is 1. The maximum absolute atomic E-state index is 12.4. The molecule has 1 atom stereocenters. The van der Waals surface area contributed by atoms with Crippen molar-refractivity contribution in [3.8, 4) is 5.69 Å². The summed E-state index contributed by atoms with van der Waals surface area (Å²) in [6.45, 7) is 0.323.